The fourth-order valence-corrected chi connectivity index (χ4v) is 2.10. The van der Waals surface area contributed by atoms with Crippen molar-refractivity contribution in [2.45, 2.75) is 25.9 Å². The third-order valence-corrected chi connectivity index (χ3v) is 2.97. The molecule has 0 fully saturated rings. The van der Waals surface area contributed by atoms with Crippen LogP contribution >= 0.6 is 0 Å². The Labute approximate surface area is 118 Å². The van der Waals surface area contributed by atoms with Gasteiger partial charge in [-0.05, 0) is 17.5 Å². The number of pyridine rings is 1. The number of nitrogens with zero attached hydrogens (tertiary/aromatic N) is 3. The number of aryl methyl sites for hydroxylation is 1. The van der Waals surface area contributed by atoms with Gasteiger partial charge in [0, 0.05) is 7.05 Å². The number of rotatable bonds is 4. The maximum atomic E-state index is 13.1. The van der Waals surface area contributed by atoms with Gasteiger partial charge in [-0.1, -0.05) is 13.8 Å². The largest absolute Gasteiger partial charge is 0.435 e. The van der Waals surface area contributed by atoms with E-state index in [1.807, 2.05) is 0 Å². The number of nitrogens with one attached hydrogen (secondary N) is 2. The number of amides is 1. The highest BCUT2D eigenvalue weighted by Crippen LogP contribution is 2.37. The summed E-state index contributed by atoms with van der Waals surface area (Å²) >= 11 is 0. The lowest BCUT2D eigenvalue weighted by Gasteiger charge is -2.12. The van der Waals surface area contributed by atoms with E-state index in [1.54, 1.807) is 13.8 Å². The summed E-state index contributed by atoms with van der Waals surface area (Å²) in [6.45, 7) is 3.55. The summed E-state index contributed by atoms with van der Waals surface area (Å²) in [4.78, 5) is 14.4. The Morgan fingerprint density at radius 3 is 2.57 bits per heavy atom. The molecule has 2 N–H and O–H groups in total. The first kappa shape index (κ1) is 15.1. The summed E-state index contributed by atoms with van der Waals surface area (Å²) in [7, 11) is 1.39. The van der Waals surface area contributed by atoms with Gasteiger partial charge in [-0.3, -0.25) is 15.6 Å². The molecule has 114 valence electrons. The van der Waals surface area contributed by atoms with Crippen molar-refractivity contribution in [2.24, 2.45) is 7.05 Å². The van der Waals surface area contributed by atoms with E-state index in [1.165, 1.54) is 13.1 Å². The summed E-state index contributed by atoms with van der Waals surface area (Å²) in [5.41, 5.74) is 4.31. The van der Waals surface area contributed by atoms with E-state index < -0.39 is 11.9 Å². The van der Waals surface area contributed by atoms with Crippen LogP contribution in [0, 0.1) is 0 Å². The third kappa shape index (κ3) is 2.76. The van der Waals surface area contributed by atoms with Gasteiger partial charge in [0.05, 0.1) is 5.39 Å². The van der Waals surface area contributed by atoms with Crippen LogP contribution in [0.4, 0.5) is 19.0 Å². The maximum absolute atomic E-state index is 13.1. The summed E-state index contributed by atoms with van der Waals surface area (Å²) in [6.07, 6.45) is -4.15. The van der Waals surface area contributed by atoms with Crippen LogP contribution in [0.25, 0.3) is 11.0 Å². The average Bonchev–Trinajstić information content (AvgIpc) is 2.73. The summed E-state index contributed by atoms with van der Waals surface area (Å²) < 4.78 is 40.4. The van der Waals surface area contributed by atoms with Gasteiger partial charge in [0.2, 0.25) is 6.41 Å². The van der Waals surface area contributed by atoms with Crippen molar-refractivity contribution in [3.63, 3.8) is 0 Å². The van der Waals surface area contributed by atoms with Crippen molar-refractivity contribution >= 4 is 23.3 Å². The summed E-state index contributed by atoms with van der Waals surface area (Å²) in [5.74, 6) is 0.0765. The molecular weight excluding hydrogens is 287 g/mol. The number of hydrogen-bond acceptors (Lipinski definition) is 4. The van der Waals surface area contributed by atoms with Crippen molar-refractivity contribution in [1.82, 2.24) is 20.2 Å². The molecule has 0 aliphatic carbocycles. The second kappa shape index (κ2) is 5.23. The van der Waals surface area contributed by atoms with Gasteiger partial charge >= 0.3 is 6.18 Å². The van der Waals surface area contributed by atoms with Gasteiger partial charge in [-0.15, -0.1) is 0 Å². The standard InChI is InChI=1S/C12H14F3N5O/c1-6(2)7-4-8(18-16-5-21)17-11-9(7)10(12(13,14)15)19-20(11)3/h4-6H,1-3H3,(H,16,21)(H,17,18). The molecule has 0 atom stereocenters. The van der Waals surface area contributed by atoms with Crippen LogP contribution in [0.1, 0.15) is 31.0 Å². The molecule has 0 spiro atoms. The van der Waals surface area contributed by atoms with Crippen LogP contribution in [-0.4, -0.2) is 21.2 Å². The minimum Gasteiger partial charge on any atom is -0.282 e. The zero-order chi connectivity index (χ0) is 15.8. The monoisotopic (exact) mass is 301 g/mol. The number of anilines is 1. The van der Waals surface area contributed by atoms with Gasteiger partial charge in [0.1, 0.15) is 5.82 Å². The molecule has 0 aliphatic heterocycles. The van der Waals surface area contributed by atoms with Gasteiger partial charge in [-0.2, -0.15) is 18.3 Å². The van der Waals surface area contributed by atoms with E-state index in [9.17, 15) is 18.0 Å². The Morgan fingerprint density at radius 2 is 2.05 bits per heavy atom. The molecule has 0 saturated carbocycles. The number of alkyl halides is 3. The molecular formula is C12H14F3N5O. The molecule has 1 amide bonds. The molecule has 0 aromatic carbocycles. The van der Waals surface area contributed by atoms with E-state index >= 15 is 0 Å². The Kier molecular flexibility index (Phi) is 3.75. The molecule has 2 aromatic heterocycles. The Morgan fingerprint density at radius 1 is 1.38 bits per heavy atom. The predicted octanol–water partition coefficient (Wildman–Crippen LogP) is 2.18. The fourth-order valence-electron chi connectivity index (χ4n) is 2.10. The second-order valence-electron chi connectivity index (χ2n) is 4.81. The van der Waals surface area contributed by atoms with E-state index in [4.69, 9.17) is 0 Å². The molecule has 2 heterocycles. The molecule has 2 rings (SSSR count). The van der Waals surface area contributed by atoms with Crippen LogP contribution in [0.5, 0.6) is 0 Å². The van der Waals surface area contributed by atoms with Crippen LogP contribution < -0.4 is 10.9 Å². The van der Waals surface area contributed by atoms with E-state index in [-0.39, 0.29) is 22.8 Å². The van der Waals surface area contributed by atoms with Crippen molar-refractivity contribution in [2.75, 3.05) is 5.43 Å². The number of carbonyl (C=O) groups is 1. The number of fused-ring (bicyclic) bond motifs is 1. The highest BCUT2D eigenvalue weighted by Gasteiger charge is 2.38. The lowest BCUT2D eigenvalue weighted by atomic mass is 9.99. The maximum Gasteiger partial charge on any atom is 0.435 e. The highest BCUT2D eigenvalue weighted by atomic mass is 19.4. The van der Waals surface area contributed by atoms with Gasteiger partial charge in [-0.25, -0.2) is 9.67 Å². The lowest BCUT2D eigenvalue weighted by Crippen LogP contribution is -2.20. The second-order valence-corrected chi connectivity index (χ2v) is 4.81. The SMILES string of the molecule is CC(C)c1cc(NNC=O)nc2c1c(C(F)(F)F)nn2C. The van der Waals surface area contributed by atoms with Crippen LogP contribution in [0.15, 0.2) is 6.07 Å². The molecule has 6 nitrogen and oxygen atoms in total. The van der Waals surface area contributed by atoms with Crippen LogP contribution in [-0.2, 0) is 18.0 Å². The quantitative estimate of drug-likeness (QED) is 0.671. The molecule has 0 aliphatic rings. The number of carbonyl (C=O) groups excluding carboxylic acids is 1. The van der Waals surface area contributed by atoms with Crippen molar-refractivity contribution in [3.05, 3.63) is 17.3 Å². The molecule has 0 bridgehead atoms. The Balaban J connectivity index is 2.74. The first-order valence-electron chi connectivity index (χ1n) is 6.15. The summed E-state index contributed by atoms with van der Waals surface area (Å²) in [6, 6.07) is 1.47. The van der Waals surface area contributed by atoms with Crippen LogP contribution in [0.3, 0.4) is 0 Å². The number of hydrazine groups is 1. The third-order valence-electron chi connectivity index (χ3n) is 2.97. The molecule has 2 aromatic rings. The molecule has 0 radical (unpaired) electrons. The smallest absolute Gasteiger partial charge is 0.282 e. The van der Waals surface area contributed by atoms with Crippen molar-refractivity contribution < 1.29 is 18.0 Å². The first-order chi connectivity index (χ1) is 9.75. The van der Waals surface area contributed by atoms with E-state index in [0.717, 1.165) is 4.68 Å². The van der Waals surface area contributed by atoms with Gasteiger partial charge < -0.3 is 0 Å². The zero-order valence-electron chi connectivity index (χ0n) is 11.6. The number of hydrogen-bond donors (Lipinski definition) is 2. The predicted molar refractivity (Wildman–Crippen MR) is 70.4 cm³/mol. The lowest BCUT2D eigenvalue weighted by molar-refractivity contribution is -0.140. The van der Waals surface area contributed by atoms with Crippen LogP contribution in [0.2, 0.25) is 0 Å². The first-order valence-corrected chi connectivity index (χ1v) is 6.15. The number of halogens is 3. The van der Waals surface area contributed by atoms with E-state index in [2.05, 4.69) is 20.9 Å². The topological polar surface area (TPSA) is 71.8 Å². The minimum atomic E-state index is -4.55. The Bertz CT molecular complexity index is 678. The van der Waals surface area contributed by atoms with Crippen molar-refractivity contribution in [3.8, 4) is 0 Å². The number of aromatic nitrogens is 3. The van der Waals surface area contributed by atoms with Crippen molar-refractivity contribution in [1.29, 1.82) is 0 Å². The highest BCUT2D eigenvalue weighted by molar-refractivity contribution is 5.85. The molecule has 0 saturated heterocycles. The minimum absolute atomic E-state index is 0.0170. The Hall–Kier alpha value is -2.32. The average molecular weight is 301 g/mol. The van der Waals surface area contributed by atoms with E-state index in [0.29, 0.717) is 12.0 Å². The van der Waals surface area contributed by atoms with Gasteiger partial charge in [0.15, 0.2) is 11.3 Å². The van der Waals surface area contributed by atoms with Gasteiger partial charge in [0.25, 0.3) is 0 Å². The summed E-state index contributed by atoms with van der Waals surface area (Å²) in [5, 5.41) is 3.52. The fraction of sp³-hybridized carbons (Fsp3) is 0.417. The molecule has 21 heavy (non-hydrogen) atoms. The zero-order valence-corrected chi connectivity index (χ0v) is 11.6. The molecule has 9 heteroatoms. The normalized spacial score (nSPS) is 12.0. The molecule has 0 unspecified atom stereocenters.